The average molecular weight is 262 g/mol. The van der Waals surface area contributed by atoms with Gasteiger partial charge in [0.2, 0.25) is 9.84 Å². The molecule has 2 N–H and O–H groups in total. The van der Waals surface area contributed by atoms with E-state index in [9.17, 15) is 8.42 Å². The summed E-state index contributed by atoms with van der Waals surface area (Å²) in [6.07, 6.45) is 2.95. The number of nitrogens with two attached hydrogens (primary N) is 1. The van der Waals surface area contributed by atoms with Crippen molar-refractivity contribution in [2.24, 2.45) is 5.73 Å². The molecule has 0 unspecified atom stereocenters. The first-order chi connectivity index (χ1) is 8.55. The molecule has 0 bridgehead atoms. The second kappa shape index (κ2) is 4.88. The van der Waals surface area contributed by atoms with Gasteiger partial charge in [0, 0.05) is 24.5 Å². The lowest BCUT2D eigenvalue weighted by Crippen LogP contribution is -2.09. The molecule has 0 aliphatic heterocycles. The number of sulfone groups is 1. The Bertz CT molecular complexity index is 649. The van der Waals surface area contributed by atoms with Crippen molar-refractivity contribution in [1.29, 1.82) is 0 Å². The highest BCUT2D eigenvalue weighted by Gasteiger charge is 2.20. The predicted octanol–water partition coefficient (Wildman–Crippen LogP) is 1.68. The minimum atomic E-state index is -3.52. The van der Waals surface area contributed by atoms with Gasteiger partial charge < -0.3 is 5.73 Å². The molecular weight excluding hydrogens is 248 g/mol. The highest BCUT2D eigenvalue weighted by molar-refractivity contribution is 7.91. The van der Waals surface area contributed by atoms with Crippen LogP contribution in [-0.2, 0) is 16.4 Å². The normalized spacial score (nSPS) is 11.4. The van der Waals surface area contributed by atoms with Gasteiger partial charge in [-0.05, 0) is 25.1 Å². The Kier molecular flexibility index (Phi) is 3.45. The number of hydrogen-bond donors (Lipinski definition) is 1. The quantitative estimate of drug-likeness (QED) is 0.913. The lowest BCUT2D eigenvalue weighted by atomic mass is 10.2. The Labute approximate surface area is 106 Å². The molecule has 1 aromatic heterocycles. The summed E-state index contributed by atoms with van der Waals surface area (Å²) < 4.78 is 24.9. The number of nitrogens with zero attached hydrogens (tertiary/aromatic N) is 1. The third-order valence-electron chi connectivity index (χ3n) is 2.70. The summed E-state index contributed by atoms with van der Waals surface area (Å²) in [5.41, 5.74) is 7.09. The molecule has 0 aliphatic carbocycles. The van der Waals surface area contributed by atoms with Crippen LogP contribution in [0.15, 0.2) is 52.5 Å². The minimum Gasteiger partial charge on any atom is -0.326 e. The first kappa shape index (κ1) is 12.7. The van der Waals surface area contributed by atoms with Crippen molar-refractivity contribution in [3.05, 3.63) is 53.9 Å². The molecule has 0 saturated heterocycles. The molecule has 0 atom stereocenters. The minimum absolute atomic E-state index is 0.147. The maximum absolute atomic E-state index is 12.4. The Morgan fingerprint density at radius 3 is 2.44 bits per heavy atom. The van der Waals surface area contributed by atoms with Crippen molar-refractivity contribution in [3.8, 4) is 0 Å². The summed E-state index contributed by atoms with van der Waals surface area (Å²) in [6, 6.07) is 8.24. The molecule has 0 amide bonds. The molecule has 94 valence electrons. The molecule has 0 aliphatic rings. The van der Waals surface area contributed by atoms with Gasteiger partial charge in [-0.25, -0.2) is 8.42 Å². The van der Waals surface area contributed by atoms with Crippen LogP contribution in [0.3, 0.4) is 0 Å². The maximum Gasteiger partial charge on any atom is 0.207 e. The summed E-state index contributed by atoms with van der Waals surface area (Å²) >= 11 is 0. The third kappa shape index (κ3) is 2.27. The van der Waals surface area contributed by atoms with Gasteiger partial charge in [-0.2, -0.15) is 0 Å². The van der Waals surface area contributed by atoms with Crippen LogP contribution >= 0.6 is 0 Å². The smallest absolute Gasteiger partial charge is 0.207 e. The zero-order chi connectivity index (χ0) is 13.2. The highest BCUT2D eigenvalue weighted by Crippen LogP contribution is 2.23. The lowest BCUT2D eigenvalue weighted by Gasteiger charge is -2.08. The first-order valence-electron chi connectivity index (χ1n) is 5.50. The van der Waals surface area contributed by atoms with Crippen LogP contribution in [0.4, 0.5) is 0 Å². The van der Waals surface area contributed by atoms with E-state index in [0.717, 1.165) is 5.56 Å². The van der Waals surface area contributed by atoms with Crippen molar-refractivity contribution < 1.29 is 8.42 Å². The monoisotopic (exact) mass is 262 g/mol. The molecule has 18 heavy (non-hydrogen) atoms. The van der Waals surface area contributed by atoms with Crippen molar-refractivity contribution in [2.75, 3.05) is 0 Å². The fraction of sp³-hybridized carbons (Fsp3) is 0.154. The van der Waals surface area contributed by atoms with Gasteiger partial charge in [0.05, 0.1) is 9.79 Å². The number of pyridine rings is 1. The topological polar surface area (TPSA) is 73.0 Å². The van der Waals surface area contributed by atoms with Crippen LogP contribution in [0.2, 0.25) is 0 Å². The van der Waals surface area contributed by atoms with Gasteiger partial charge in [0.25, 0.3) is 0 Å². The maximum atomic E-state index is 12.4. The van der Waals surface area contributed by atoms with Crippen LogP contribution in [0.1, 0.15) is 11.1 Å². The second-order valence-electron chi connectivity index (χ2n) is 4.00. The van der Waals surface area contributed by atoms with E-state index in [-0.39, 0.29) is 16.3 Å². The van der Waals surface area contributed by atoms with E-state index in [4.69, 9.17) is 5.73 Å². The van der Waals surface area contributed by atoms with Crippen LogP contribution in [0.5, 0.6) is 0 Å². The molecular formula is C13H14N2O2S. The summed E-state index contributed by atoms with van der Waals surface area (Å²) in [4.78, 5) is 4.39. The molecule has 2 rings (SSSR count). The fourth-order valence-corrected chi connectivity index (χ4v) is 3.14. The van der Waals surface area contributed by atoms with E-state index in [0.29, 0.717) is 5.56 Å². The van der Waals surface area contributed by atoms with E-state index < -0.39 is 9.84 Å². The van der Waals surface area contributed by atoms with Crippen LogP contribution in [0, 0.1) is 6.92 Å². The molecule has 5 heteroatoms. The van der Waals surface area contributed by atoms with E-state index >= 15 is 0 Å². The number of benzene rings is 1. The van der Waals surface area contributed by atoms with Crippen molar-refractivity contribution in [3.63, 3.8) is 0 Å². The number of rotatable bonds is 3. The second-order valence-corrected chi connectivity index (χ2v) is 5.92. The fourth-order valence-electron chi connectivity index (χ4n) is 1.67. The molecule has 2 aromatic rings. The van der Waals surface area contributed by atoms with Gasteiger partial charge in [-0.3, -0.25) is 4.98 Å². The SMILES string of the molecule is Cc1ccc(S(=O)(=O)c2ccncc2CN)cc1. The summed E-state index contributed by atoms with van der Waals surface area (Å²) in [5.74, 6) is 0. The third-order valence-corrected chi connectivity index (χ3v) is 4.57. The number of aromatic nitrogens is 1. The van der Waals surface area contributed by atoms with Gasteiger partial charge in [-0.1, -0.05) is 17.7 Å². The zero-order valence-corrected chi connectivity index (χ0v) is 10.8. The Balaban J connectivity index is 2.58. The number of aryl methyl sites for hydroxylation is 1. The molecule has 0 radical (unpaired) electrons. The van der Waals surface area contributed by atoms with Crippen LogP contribution in [-0.4, -0.2) is 13.4 Å². The largest absolute Gasteiger partial charge is 0.326 e. The Morgan fingerprint density at radius 1 is 1.17 bits per heavy atom. The Hall–Kier alpha value is -1.72. The lowest BCUT2D eigenvalue weighted by molar-refractivity contribution is 0.594. The molecule has 0 spiro atoms. The molecule has 0 fully saturated rings. The average Bonchev–Trinajstić information content (AvgIpc) is 2.39. The summed E-state index contributed by atoms with van der Waals surface area (Å²) in [6.45, 7) is 2.06. The van der Waals surface area contributed by atoms with Crippen LogP contribution in [0.25, 0.3) is 0 Å². The van der Waals surface area contributed by atoms with E-state index in [2.05, 4.69) is 4.98 Å². The van der Waals surface area contributed by atoms with E-state index in [1.807, 2.05) is 6.92 Å². The van der Waals surface area contributed by atoms with Crippen molar-refractivity contribution in [1.82, 2.24) is 4.98 Å². The van der Waals surface area contributed by atoms with Gasteiger partial charge in [0.15, 0.2) is 0 Å². The summed E-state index contributed by atoms with van der Waals surface area (Å²) in [5, 5.41) is 0. The van der Waals surface area contributed by atoms with Crippen molar-refractivity contribution >= 4 is 9.84 Å². The molecule has 1 aromatic carbocycles. The summed E-state index contributed by atoms with van der Waals surface area (Å²) in [7, 11) is -3.52. The van der Waals surface area contributed by atoms with Gasteiger partial charge >= 0.3 is 0 Å². The molecule has 4 nitrogen and oxygen atoms in total. The van der Waals surface area contributed by atoms with Crippen molar-refractivity contribution in [2.45, 2.75) is 23.3 Å². The predicted molar refractivity (Wildman–Crippen MR) is 68.8 cm³/mol. The molecule has 0 saturated carbocycles. The first-order valence-corrected chi connectivity index (χ1v) is 6.98. The van der Waals surface area contributed by atoms with Gasteiger partial charge in [-0.15, -0.1) is 0 Å². The van der Waals surface area contributed by atoms with Crippen LogP contribution < -0.4 is 5.73 Å². The standard InChI is InChI=1S/C13H14N2O2S/c1-10-2-4-12(5-3-10)18(16,17)13-6-7-15-9-11(13)8-14/h2-7,9H,8,14H2,1H3. The van der Waals surface area contributed by atoms with Gasteiger partial charge in [0.1, 0.15) is 0 Å². The number of hydrogen-bond acceptors (Lipinski definition) is 4. The highest BCUT2D eigenvalue weighted by atomic mass is 32.2. The Morgan fingerprint density at radius 2 is 1.83 bits per heavy atom. The molecule has 1 heterocycles. The van der Waals surface area contributed by atoms with E-state index in [1.165, 1.54) is 18.5 Å². The zero-order valence-electron chi connectivity index (χ0n) is 10.00. The van der Waals surface area contributed by atoms with E-state index in [1.54, 1.807) is 24.3 Å².